The van der Waals surface area contributed by atoms with Crippen LogP contribution in [-0.2, 0) is 11.2 Å². The molecule has 25 heavy (non-hydrogen) atoms. The maximum absolute atomic E-state index is 12.1. The van der Waals surface area contributed by atoms with Crippen LogP contribution in [0.4, 0.5) is 5.69 Å². The molecule has 2 aromatic carbocycles. The summed E-state index contributed by atoms with van der Waals surface area (Å²) in [6, 6.07) is 15.3. The molecule has 0 aliphatic heterocycles. The molecule has 1 aromatic heterocycles. The van der Waals surface area contributed by atoms with E-state index >= 15 is 0 Å². The Balaban J connectivity index is 1.56. The second-order valence-electron chi connectivity index (χ2n) is 5.25. The van der Waals surface area contributed by atoms with E-state index in [4.69, 9.17) is 11.6 Å². The summed E-state index contributed by atoms with van der Waals surface area (Å²) in [5.74, 6) is 0.810. The highest BCUT2D eigenvalue weighted by atomic mass is 35.5. The van der Waals surface area contributed by atoms with Crippen molar-refractivity contribution in [1.29, 1.82) is 0 Å². The number of aryl methyl sites for hydroxylation is 1. The van der Waals surface area contributed by atoms with Crippen LogP contribution >= 0.6 is 34.9 Å². The third kappa shape index (κ3) is 4.81. The number of hydrogen-bond donors (Lipinski definition) is 1. The highest BCUT2D eigenvalue weighted by Gasteiger charge is 2.11. The number of aromatic nitrogens is 2. The summed E-state index contributed by atoms with van der Waals surface area (Å²) >= 11 is 8.80. The Labute approximate surface area is 159 Å². The van der Waals surface area contributed by atoms with Gasteiger partial charge < -0.3 is 5.32 Å². The van der Waals surface area contributed by atoms with E-state index in [0.717, 1.165) is 22.0 Å². The Morgan fingerprint density at radius 2 is 1.96 bits per heavy atom. The van der Waals surface area contributed by atoms with Crippen molar-refractivity contribution in [3.8, 4) is 11.4 Å². The van der Waals surface area contributed by atoms with Gasteiger partial charge in [-0.25, -0.2) is 4.98 Å². The number of carbonyl (C=O) groups excluding carboxylic acids is 1. The largest absolute Gasteiger partial charge is 0.325 e. The number of amides is 1. The molecule has 0 radical (unpaired) electrons. The molecule has 0 bridgehead atoms. The van der Waals surface area contributed by atoms with Gasteiger partial charge in [-0.1, -0.05) is 54.6 Å². The Hall–Kier alpha value is -1.89. The first-order valence-corrected chi connectivity index (χ1v) is 9.89. The maximum atomic E-state index is 12.1. The molecule has 0 atom stereocenters. The number of nitrogens with zero attached hydrogens (tertiary/aromatic N) is 2. The van der Waals surface area contributed by atoms with Gasteiger partial charge in [0.25, 0.3) is 0 Å². The summed E-state index contributed by atoms with van der Waals surface area (Å²) < 4.78 is 5.06. The van der Waals surface area contributed by atoms with E-state index in [-0.39, 0.29) is 11.7 Å². The number of halogens is 1. The first kappa shape index (κ1) is 17.9. The van der Waals surface area contributed by atoms with Crippen LogP contribution in [0.15, 0.2) is 52.9 Å². The SMILES string of the molecule is CCc1ccc(NC(=O)CSc2nc(-c3ccccc3Cl)ns2)cc1. The van der Waals surface area contributed by atoms with Gasteiger partial charge in [-0.2, -0.15) is 4.37 Å². The van der Waals surface area contributed by atoms with Crippen LogP contribution in [0.1, 0.15) is 12.5 Å². The lowest BCUT2D eigenvalue weighted by Crippen LogP contribution is -2.13. The van der Waals surface area contributed by atoms with Crippen molar-refractivity contribution < 1.29 is 4.79 Å². The van der Waals surface area contributed by atoms with E-state index in [1.54, 1.807) is 0 Å². The number of thioether (sulfide) groups is 1. The monoisotopic (exact) mass is 389 g/mol. The number of carbonyl (C=O) groups is 1. The molecular formula is C18H16ClN3OS2. The number of hydrogen-bond acceptors (Lipinski definition) is 5. The third-order valence-corrected chi connectivity index (χ3v) is 5.66. The first-order chi connectivity index (χ1) is 12.2. The number of nitrogens with one attached hydrogen (secondary N) is 1. The fourth-order valence-corrected chi connectivity index (χ4v) is 3.80. The lowest BCUT2D eigenvalue weighted by molar-refractivity contribution is -0.113. The molecule has 0 spiro atoms. The minimum atomic E-state index is -0.0660. The minimum Gasteiger partial charge on any atom is -0.325 e. The summed E-state index contributed by atoms with van der Waals surface area (Å²) in [6.07, 6.45) is 0.981. The molecule has 1 N–H and O–H groups in total. The molecule has 0 aliphatic carbocycles. The lowest BCUT2D eigenvalue weighted by atomic mass is 10.1. The van der Waals surface area contributed by atoms with E-state index in [0.29, 0.717) is 10.8 Å². The second kappa shape index (κ2) is 8.47. The van der Waals surface area contributed by atoms with Gasteiger partial charge in [0.05, 0.1) is 10.8 Å². The number of anilines is 1. The summed E-state index contributed by atoms with van der Waals surface area (Å²) in [4.78, 5) is 16.5. The van der Waals surface area contributed by atoms with Crippen LogP contribution in [0.25, 0.3) is 11.4 Å². The summed E-state index contributed by atoms with van der Waals surface area (Å²) in [5.41, 5.74) is 2.85. The van der Waals surface area contributed by atoms with Crippen molar-refractivity contribution in [2.75, 3.05) is 11.1 Å². The Morgan fingerprint density at radius 3 is 2.68 bits per heavy atom. The molecule has 1 amide bonds. The summed E-state index contributed by atoms with van der Waals surface area (Å²) in [6.45, 7) is 2.10. The Kier molecular flexibility index (Phi) is 6.07. The van der Waals surface area contributed by atoms with Gasteiger partial charge in [0, 0.05) is 11.3 Å². The molecule has 128 valence electrons. The maximum Gasteiger partial charge on any atom is 0.234 e. The molecule has 0 saturated heterocycles. The zero-order chi connectivity index (χ0) is 17.6. The second-order valence-corrected chi connectivity index (χ2v) is 7.63. The highest BCUT2D eigenvalue weighted by molar-refractivity contribution is 8.01. The van der Waals surface area contributed by atoms with Crippen LogP contribution in [-0.4, -0.2) is 21.0 Å². The normalized spacial score (nSPS) is 10.6. The first-order valence-electron chi connectivity index (χ1n) is 7.76. The van der Waals surface area contributed by atoms with Crippen molar-refractivity contribution in [2.24, 2.45) is 0 Å². The Morgan fingerprint density at radius 1 is 1.20 bits per heavy atom. The molecule has 0 saturated carbocycles. The number of benzene rings is 2. The molecule has 0 unspecified atom stereocenters. The molecule has 4 nitrogen and oxygen atoms in total. The van der Waals surface area contributed by atoms with Gasteiger partial charge in [0.15, 0.2) is 10.2 Å². The van der Waals surface area contributed by atoms with E-state index in [1.165, 1.54) is 28.9 Å². The molecule has 1 heterocycles. The van der Waals surface area contributed by atoms with E-state index < -0.39 is 0 Å². The van der Waals surface area contributed by atoms with E-state index in [2.05, 4.69) is 21.6 Å². The highest BCUT2D eigenvalue weighted by Crippen LogP contribution is 2.29. The van der Waals surface area contributed by atoms with Crippen molar-refractivity contribution in [3.63, 3.8) is 0 Å². The quantitative estimate of drug-likeness (QED) is 0.592. The average Bonchev–Trinajstić information content (AvgIpc) is 3.10. The minimum absolute atomic E-state index is 0.0660. The topological polar surface area (TPSA) is 54.9 Å². The van der Waals surface area contributed by atoms with Gasteiger partial charge in [0.1, 0.15) is 0 Å². The van der Waals surface area contributed by atoms with Gasteiger partial charge in [0.2, 0.25) is 5.91 Å². The fraction of sp³-hybridized carbons (Fsp3) is 0.167. The van der Waals surface area contributed by atoms with Crippen LogP contribution < -0.4 is 5.32 Å². The molecule has 7 heteroatoms. The standard InChI is InChI=1S/C18H16ClN3OS2/c1-2-12-7-9-13(10-8-12)20-16(23)11-24-18-21-17(22-25-18)14-5-3-4-6-15(14)19/h3-10H,2,11H2,1H3,(H,20,23). The van der Waals surface area contributed by atoms with Crippen LogP contribution in [0.5, 0.6) is 0 Å². The van der Waals surface area contributed by atoms with Crippen LogP contribution in [0, 0.1) is 0 Å². The van der Waals surface area contributed by atoms with Crippen molar-refractivity contribution in [2.45, 2.75) is 17.7 Å². The van der Waals surface area contributed by atoms with Crippen LogP contribution in [0.2, 0.25) is 5.02 Å². The third-order valence-electron chi connectivity index (χ3n) is 3.49. The smallest absolute Gasteiger partial charge is 0.234 e. The molecule has 0 fully saturated rings. The number of rotatable bonds is 6. The van der Waals surface area contributed by atoms with Crippen LogP contribution in [0.3, 0.4) is 0 Å². The zero-order valence-corrected chi connectivity index (χ0v) is 15.9. The van der Waals surface area contributed by atoms with Gasteiger partial charge in [-0.05, 0) is 47.8 Å². The van der Waals surface area contributed by atoms with E-state index in [9.17, 15) is 4.79 Å². The van der Waals surface area contributed by atoms with E-state index in [1.807, 2.05) is 48.5 Å². The predicted octanol–water partition coefficient (Wildman–Crippen LogP) is 5.15. The lowest BCUT2D eigenvalue weighted by Gasteiger charge is -2.05. The predicted molar refractivity (Wildman–Crippen MR) is 106 cm³/mol. The van der Waals surface area contributed by atoms with Crippen molar-refractivity contribution in [3.05, 3.63) is 59.1 Å². The Bertz CT molecular complexity index is 865. The molecule has 0 aliphatic rings. The van der Waals surface area contributed by atoms with Gasteiger partial charge >= 0.3 is 0 Å². The molecular weight excluding hydrogens is 374 g/mol. The van der Waals surface area contributed by atoms with Crippen molar-refractivity contribution >= 4 is 46.5 Å². The molecule has 3 rings (SSSR count). The molecule has 3 aromatic rings. The average molecular weight is 390 g/mol. The summed E-state index contributed by atoms with van der Waals surface area (Å²) in [5, 5.41) is 3.50. The fourth-order valence-electron chi connectivity index (χ4n) is 2.17. The zero-order valence-electron chi connectivity index (χ0n) is 13.5. The van der Waals surface area contributed by atoms with Gasteiger partial charge in [-0.15, -0.1) is 0 Å². The van der Waals surface area contributed by atoms with Gasteiger partial charge in [-0.3, -0.25) is 4.79 Å². The van der Waals surface area contributed by atoms with Crippen molar-refractivity contribution in [1.82, 2.24) is 9.36 Å². The summed E-state index contributed by atoms with van der Waals surface area (Å²) in [7, 11) is 0.